The third-order valence-corrected chi connectivity index (χ3v) is 8.48. The number of aldehydes is 1. The maximum absolute atomic E-state index is 10.0. The number of carbonyl (C=O) groups excluding carboxylic acids is 1. The minimum absolute atomic E-state index is 0. The second-order valence-electron chi connectivity index (χ2n) is 12.7. The van der Waals surface area contributed by atoms with Crippen molar-refractivity contribution in [2.45, 2.75) is 157 Å². The molecule has 0 atom stereocenters. The smallest absolute Gasteiger partial charge is 0.150 e. The van der Waals surface area contributed by atoms with E-state index in [-0.39, 0.29) is 458 Å². The fourth-order valence-electron chi connectivity index (χ4n) is 5.76. The van der Waals surface area contributed by atoms with Crippen LogP contribution in [0.2, 0.25) is 0 Å². The van der Waals surface area contributed by atoms with Crippen LogP contribution in [0.5, 0.6) is 0 Å². The molecule has 0 spiro atoms. The van der Waals surface area contributed by atoms with E-state index in [1.165, 1.54) is 16.8 Å². The predicted octanol–water partition coefficient (Wildman–Crippen LogP) is 24.6. The normalized spacial score (nSPS) is 9.54. The van der Waals surface area contributed by atoms with E-state index in [9.17, 15) is 4.79 Å². The minimum Gasteiger partial charge on any atom is -0.363 e. The van der Waals surface area contributed by atoms with Gasteiger partial charge in [-0.2, -0.15) is 36.4 Å². The van der Waals surface area contributed by atoms with Crippen molar-refractivity contribution >= 4 is 23.7 Å². The van der Waals surface area contributed by atoms with E-state index < -0.39 is 0 Å². The molecule has 0 unspecified atom stereocenters. The number of hydrogen-bond donors (Lipinski definition) is 1. The number of benzene rings is 5. The van der Waals surface area contributed by atoms with E-state index in [0.717, 1.165) is 83.8 Å². The van der Waals surface area contributed by atoms with Crippen LogP contribution in [-0.4, -0.2) is 6.29 Å². The molecule has 0 amide bonds. The molecule has 1 N–H and O–H groups in total. The monoisotopic (exact) mass is 2320 g/mol. The van der Waals surface area contributed by atoms with Gasteiger partial charge >= 0.3 is 0 Å². The van der Waals surface area contributed by atoms with Crippen LogP contribution >= 0.6 is 0 Å². The number of nitrogens with zero attached hydrogens (tertiary/aromatic N) is 2. The first-order chi connectivity index (χ1) is 35.3. The minimum atomic E-state index is 0. The van der Waals surface area contributed by atoms with Gasteiger partial charge in [-0.3, -0.25) is 4.79 Å². The van der Waals surface area contributed by atoms with Gasteiger partial charge in [0, 0.05) is 471 Å². The topological polar surface area (TPSA) is 35.6 Å². The molecular formula is C74H122N3OWY12-7. The summed E-state index contributed by atoms with van der Waals surface area (Å²) < 4.78 is 0. The summed E-state index contributed by atoms with van der Waals surface area (Å²) in [7, 11) is 0. The van der Waals surface area contributed by atoms with Crippen molar-refractivity contribution in [3.05, 3.63) is 293 Å². The molecule has 12 radical (unpaired) electrons. The molecule has 0 aromatic heterocycles. The molecule has 488 valence electrons. The summed E-state index contributed by atoms with van der Waals surface area (Å²) in [6.07, 6.45) is 8.08. The molecule has 5 aromatic rings. The van der Waals surface area contributed by atoms with Crippen molar-refractivity contribution in [1.82, 2.24) is 5.32 Å². The summed E-state index contributed by atoms with van der Waals surface area (Å²) in [4.78, 5) is 14.3. The Hall–Kier alpha value is 7.29. The molecule has 3 aliphatic heterocycles. The molecule has 0 saturated carbocycles. The summed E-state index contributed by atoms with van der Waals surface area (Å²) in [6, 6.07) is 52.5. The first-order valence-corrected chi connectivity index (χ1v) is 27.0. The molecule has 8 rings (SSSR count). The molecule has 4 nitrogen and oxygen atoms in total. The molecule has 3 saturated heterocycles. The molecule has 3 aliphatic rings. The summed E-state index contributed by atoms with van der Waals surface area (Å²) in [5.74, 6) is 0. The third kappa shape index (κ3) is 93.3. The van der Waals surface area contributed by atoms with E-state index in [2.05, 4.69) is 103 Å². The average molecular weight is 2320 g/mol. The van der Waals surface area contributed by atoms with Crippen molar-refractivity contribution in [3.63, 3.8) is 0 Å². The molecule has 0 aliphatic carbocycles. The maximum Gasteiger partial charge on any atom is 0.150 e. The molecule has 5 aromatic carbocycles. The van der Waals surface area contributed by atoms with Crippen LogP contribution in [0.1, 0.15) is 173 Å². The van der Waals surface area contributed by atoms with E-state index >= 15 is 0 Å². The van der Waals surface area contributed by atoms with Crippen molar-refractivity contribution < 1.29 is 418 Å². The molecule has 3 fully saturated rings. The zero-order chi connectivity index (χ0) is 56.5. The number of hydrogen-bond acceptors (Lipinski definition) is 4. The number of carbonyl (C=O) groups is 1. The van der Waals surface area contributed by atoms with Crippen LogP contribution in [-0.2, 0) is 414 Å². The van der Waals surface area contributed by atoms with Gasteiger partial charge in [-0.1, -0.05) is 261 Å². The van der Waals surface area contributed by atoms with Gasteiger partial charge in [0.25, 0.3) is 0 Å². The predicted molar refractivity (Wildman–Crippen MR) is 371 cm³/mol. The largest absolute Gasteiger partial charge is 0.363 e. The Morgan fingerprint density at radius 3 is 0.824 bits per heavy atom. The summed E-state index contributed by atoms with van der Waals surface area (Å²) in [5.41, 5.74) is 12.0. The molecular weight excluding hydrogens is 2200 g/mol. The number of nitrogens with one attached hydrogen (secondary N) is 1. The van der Waals surface area contributed by atoms with E-state index in [1.807, 2.05) is 228 Å². The van der Waals surface area contributed by atoms with Gasteiger partial charge in [0.05, 0.1) is 0 Å². The van der Waals surface area contributed by atoms with E-state index in [1.54, 1.807) is 12.1 Å². The van der Waals surface area contributed by atoms with E-state index in [0.29, 0.717) is 0 Å². The number of anilines is 2. The number of allylic oxidation sites excluding steroid dienone is 6. The van der Waals surface area contributed by atoms with Crippen LogP contribution in [0.25, 0.3) is 6.08 Å². The fraction of sp³-hybridized carbons (Fsp3) is 0.311. The summed E-state index contributed by atoms with van der Waals surface area (Å²) in [6.45, 7) is 59.9. The van der Waals surface area contributed by atoms with Crippen molar-refractivity contribution in [3.8, 4) is 0 Å². The van der Waals surface area contributed by atoms with E-state index in [4.69, 9.17) is 0 Å². The Balaban J connectivity index is -0.0000000241. The molecule has 3 heterocycles. The first-order valence-electron chi connectivity index (χ1n) is 27.0. The quantitative estimate of drug-likeness (QED) is 0.144. The Kier molecular flexibility index (Phi) is 266. The van der Waals surface area contributed by atoms with Crippen molar-refractivity contribution in [2.75, 3.05) is 9.80 Å². The van der Waals surface area contributed by atoms with Crippen LogP contribution in [0.4, 0.5) is 11.4 Å². The summed E-state index contributed by atoms with van der Waals surface area (Å²) >= 11 is 0. The Bertz CT molecular complexity index is 2020. The number of para-hydroxylation sites is 2. The van der Waals surface area contributed by atoms with Gasteiger partial charge < -0.3 is 59.7 Å². The maximum atomic E-state index is 10.0. The standard InChI is InChI=1S/C19H17N.C12H13N.C7H6O.C6H9N.C6H5.9C2H6.6CH3.W.12Y/c1-15-13-18(14-17-9-5-3-6-10-17)16(2)20(15)19-11-7-4-8-12-19;1-10-8-9-11(2)13(10)12-6-4-3-5-7-12;8-6-7-4-2-1-3-5-7;1-5-3-4-6(2)7-5;1-2-4-6-5-3-1;9*1-2;;;;;;;;;;;;;;;;;;;/h3-12,14H,1-2,13H2;3-7H,1-2,8-9H2;1-6H;7H,1-4H2;1-5H;9*1-2H3;6*1H3;;;;;;;;;;;;;/q;;;;-1;;;;;;;;;;6*-1;;;;;;;;;;;;;. The zero-order valence-electron chi connectivity index (χ0n) is 62.5. The average Bonchev–Trinajstić information content (AvgIpc) is 4.14. The second kappa shape index (κ2) is 140. The Labute approximate surface area is 887 Å². The van der Waals surface area contributed by atoms with Gasteiger partial charge in [0.15, 0.2) is 0 Å². The van der Waals surface area contributed by atoms with Crippen LogP contribution < -0.4 is 15.1 Å². The van der Waals surface area contributed by atoms with Crippen LogP contribution in [0.15, 0.2) is 231 Å². The first kappa shape index (κ1) is 173. The molecule has 91 heavy (non-hydrogen) atoms. The van der Waals surface area contributed by atoms with Crippen molar-refractivity contribution in [1.29, 1.82) is 0 Å². The second-order valence-corrected chi connectivity index (χ2v) is 12.7. The third-order valence-electron chi connectivity index (χ3n) is 8.48. The molecule has 17 heteroatoms. The van der Waals surface area contributed by atoms with Gasteiger partial charge in [0.2, 0.25) is 0 Å². The van der Waals surface area contributed by atoms with Crippen LogP contribution in [0, 0.1) is 50.6 Å². The summed E-state index contributed by atoms with van der Waals surface area (Å²) in [5, 5.41) is 3.03. The van der Waals surface area contributed by atoms with Crippen LogP contribution in [0.3, 0.4) is 0 Å². The zero-order valence-corrected chi connectivity index (χ0v) is 99.5. The van der Waals surface area contributed by atoms with Crippen molar-refractivity contribution in [2.24, 2.45) is 0 Å². The van der Waals surface area contributed by atoms with Gasteiger partial charge in [-0.05, 0) is 67.2 Å². The van der Waals surface area contributed by atoms with Gasteiger partial charge in [0.1, 0.15) is 6.29 Å². The number of rotatable bonds is 4. The molecule has 0 bridgehead atoms. The van der Waals surface area contributed by atoms with Gasteiger partial charge in [-0.15, -0.1) is 0 Å². The fourth-order valence-corrected chi connectivity index (χ4v) is 5.76. The Morgan fingerprint density at radius 1 is 0.352 bits per heavy atom. The van der Waals surface area contributed by atoms with Gasteiger partial charge in [-0.25, -0.2) is 0 Å². The Morgan fingerprint density at radius 2 is 0.604 bits per heavy atom. The SMILES string of the molecule is C=C1CC(=Cc2ccccc2)C(=C)N1c1ccccc1.C=C1CCC(=C)N1.C=C1CCC(=C)N1c1ccccc1.CC.CC.CC.CC.CC.CC.CC.CC.CC.O=Cc1ccccc1.[CH3-].[CH3-].[CH3-].[CH3-].[CH3-].[CH3-].[W].[Y].[Y].[Y].[Y].[Y].[Y].[Y].[Y].[Y].[Y].[Y].[Y].[c-]1ccccc1.